The minimum atomic E-state index is -0.264. The first-order valence-corrected chi connectivity index (χ1v) is 6.36. The quantitative estimate of drug-likeness (QED) is 0.847. The lowest BCUT2D eigenvalue weighted by Gasteiger charge is -2.31. The van der Waals surface area contributed by atoms with E-state index < -0.39 is 0 Å². The Morgan fingerprint density at radius 3 is 2.82 bits per heavy atom. The molecule has 0 spiro atoms. The molecule has 2 unspecified atom stereocenters. The Hall–Kier alpha value is -0.930. The molecule has 1 fully saturated rings. The van der Waals surface area contributed by atoms with Crippen LogP contribution < -0.4 is 5.32 Å². The second kappa shape index (κ2) is 5.61. The van der Waals surface area contributed by atoms with Gasteiger partial charge in [-0.15, -0.1) is 0 Å². The summed E-state index contributed by atoms with van der Waals surface area (Å²) in [6, 6.07) is 6.85. The van der Waals surface area contributed by atoms with Crippen molar-refractivity contribution in [3.05, 3.63) is 35.6 Å². The zero-order valence-electron chi connectivity index (χ0n) is 10.2. The van der Waals surface area contributed by atoms with Crippen LogP contribution in [0, 0.1) is 5.82 Å². The Morgan fingerprint density at radius 1 is 1.35 bits per heavy atom. The summed E-state index contributed by atoms with van der Waals surface area (Å²) in [5.41, 5.74) is 0.933. The van der Waals surface area contributed by atoms with Gasteiger partial charge < -0.3 is 10.4 Å². The third kappa shape index (κ3) is 3.27. The van der Waals surface area contributed by atoms with E-state index in [2.05, 4.69) is 5.32 Å². The molecule has 3 atom stereocenters. The van der Waals surface area contributed by atoms with Crippen molar-refractivity contribution in [2.75, 3.05) is 0 Å². The molecule has 0 bridgehead atoms. The smallest absolute Gasteiger partial charge is 0.123 e. The van der Waals surface area contributed by atoms with Crippen LogP contribution in [0.15, 0.2) is 24.3 Å². The first kappa shape index (κ1) is 12.5. The first-order valence-electron chi connectivity index (χ1n) is 6.36. The highest BCUT2D eigenvalue weighted by molar-refractivity contribution is 5.19. The summed E-state index contributed by atoms with van der Waals surface area (Å²) in [6.07, 6.45) is 3.87. The summed E-state index contributed by atoms with van der Waals surface area (Å²) >= 11 is 0. The van der Waals surface area contributed by atoms with E-state index in [1.54, 1.807) is 12.1 Å². The molecular weight excluding hydrogens is 217 g/mol. The van der Waals surface area contributed by atoms with Crippen molar-refractivity contribution in [2.45, 2.75) is 50.8 Å². The van der Waals surface area contributed by atoms with Crippen LogP contribution in [0.3, 0.4) is 0 Å². The van der Waals surface area contributed by atoms with Crippen molar-refractivity contribution >= 4 is 0 Å². The van der Waals surface area contributed by atoms with Gasteiger partial charge in [0.2, 0.25) is 0 Å². The Bertz CT molecular complexity index is 369. The Labute approximate surface area is 102 Å². The van der Waals surface area contributed by atoms with Crippen LogP contribution in [-0.4, -0.2) is 17.3 Å². The van der Waals surface area contributed by atoms with Gasteiger partial charge in [0.1, 0.15) is 5.82 Å². The van der Waals surface area contributed by atoms with E-state index in [0.717, 1.165) is 31.2 Å². The van der Waals surface area contributed by atoms with Crippen LogP contribution in [0.25, 0.3) is 0 Å². The maximum Gasteiger partial charge on any atom is 0.123 e. The van der Waals surface area contributed by atoms with Crippen molar-refractivity contribution in [3.8, 4) is 0 Å². The molecule has 3 heteroatoms. The second-order valence-corrected chi connectivity index (χ2v) is 4.90. The third-order valence-electron chi connectivity index (χ3n) is 3.54. The average molecular weight is 237 g/mol. The van der Waals surface area contributed by atoms with Gasteiger partial charge in [0.05, 0.1) is 6.10 Å². The van der Waals surface area contributed by atoms with Gasteiger partial charge in [0.15, 0.2) is 0 Å². The van der Waals surface area contributed by atoms with Gasteiger partial charge in [-0.25, -0.2) is 4.39 Å². The molecule has 0 heterocycles. The fourth-order valence-electron chi connectivity index (χ4n) is 2.50. The number of aliphatic hydroxyl groups excluding tert-OH is 1. The highest BCUT2D eigenvalue weighted by Crippen LogP contribution is 2.22. The predicted octanol–water partition coefficient (Wildman–Crippen LogP) is 2.78. The molecule has 1 aliphatic rings. The molecule has 1 saturated carbocycles. The monoisotopic (exact) mass is 237 g/mol. The lowest BCUT2D eigenvalue weighted by Crippen LogP contribution is -2.43. The number of hydrogen-bond donors (Lipinski definition) is 2. The standard InChI is InChI=1S/C14H20FNO/c1-10(11-5-4-6-12(15)9-11)16-13-7-2-3-8-14(13)17/h4-6,9-10,13-14,16-17H,2-3,7-8H2,1H3/t10-,13?,14?/m1/s1. The minimum absolute atomic E-state index is 0.0726. The van der Waals surface area contributed by atoms with Gasteiger partial charge in [-0.1, -0.05) is 25.0 Å². The summed E-state index contributed by atoms with van der Waals surface area (Å²) < 4.78 is 13.1. The van der Waals surface area contributed by atoms with Crippen LogP contribution in [0.1, 0.15) is 44.2 Å². The summed E-state index contributed by atoms with van der Waals surface area (Å²) in [6.45, 7) is 2.01. The van der Waals surface area contributed by atoms with E-state index in [1.165, 1.54) is 6.07 Å². The predicted molar refractivity (Wildman–Crippen MR) is 66.2 cm³/mol. The maximum absolute atomic E-state index is 13.1. The molecule has 2 N–H and O–H groups in total. The molecule has 0 aromatic heterocycles. The molecule has 2 nitrogen and oxygen atoms in total. The van der Waals surface area contributed by atoms with E-state index in [-0.39, 0.29) is 24.0 Å². The van der Waals surface area contributed by atoms with Crippen molar-refractivity contribution in [2.24, 2.45) is 0 Å². The SMILES string of the molecule is C[C@@H](NC1CCCCC1O)c1cccc(F)c1. The first-order chi connectivity index (χ1) is 8.16. The maximum atomic E-state index is 13.1. The van der Waals surface area contributed by atoms with Gasteiger partial charge in [-0.2, -0.15) is 0 Å². The van der Waals surface area contributed by atoms with Crippen molar-refractivity contribution in [1.29, 1.82) is 0 Å². The fourth-order valence-corrected chi connectivity index (χ4v) is 2.50. The van der Waals surface area contributed by atoms with Crippen molar-refractivity contribution in [1.82, 2.24) is 5.32 Å². The Kier molecular flexibility index (Phi) is 4.13. The van der Waals surface area contributed by atoms with Crippen molar-refractivity contribution in [3.63, 3.8) is 0 Å². The number of hydrogen-bond acceptors (Lipinski definition) is 2. The van der Waals surface area contributed by atoms with E-state index in [4.69, 9.17) is 0 Å². The number of nitrogens with one attached hydrogen (secondary N) is 1. The topological polar surface area (TPSA) is 32.3 Å². The lowest BCUT2D eigenvalue weighted by molar-refractivity contribution is 0.0859. The summed E-state index contributed by atoms with van der Waals surface area (Å²) in [7, 11) is 0. The molecule has 94 valence electrons. The van der Waals surface area contributed by atoms with Gasteiger partial charge >= 0.3 is 0 Å². The van der Waals surface area contributed by atoms with Gasteiger partial charge in [-0.05, 0) is 37.5 Å². The van der Waals surface area contributed by atoms with E-state index in [0.29, 0.717) is 0 Å². The summed E-state index contributed by atoms with van der Waals surface area (Å²) in [5.74, 6) is -0.208. The van der Waals surface area contributed by atoms with Gasteiger partial charge in [0, 0.05) is 12.1 Å². The van der Waals surface area contributed by atoms with Crippen LogP contribution in [0.5, 0.6) is 0 Å². The Balaban J connectivity index is 1.98. The largest absolute Gasteiger partial charge is 0.392 e. The van der Waals surface area contributed by atoms with Gasteiger partial charge in [-0.3, -0.25) is 0 Å². The molecule has 1 aliphatic carbocycles. The highest BCUT2D eigenvalue weighted by Gasteiger charge is 2.24. The van der Waals surface area contributed by atoms with Gasteiger partial charge in [0.25, 0.3) is 0 Å². The van der Waals surface area contributed by atoms with Crippen LogP contribution in [-0.2, 0) is 0 Å². The van der Waals surface area contributed by atoms with E-state index >= 15 is 0 Å². The fraction of sp³-hybridized carbons (Fsp3) is 0.571. The molecule has 1 aromatic carbocycles. The Morgan fingerprint density at radius 2 is 2.12 bits per heavy atom. The van der Waals surface area contributed by atoms with E-state index in [1.807, 2.05) is 13.0 Å². The normalized spacial score (nSPS) is 26.8. The number of aliphatic hydroxyl groups is 1. The summed E-state index contributed by atoms with van der Waals surface area (Å²) in [4.78, 5) is 0. The number of rotatable bonds is 3. The molecular formula is C14H20FNO. The van der Waals surface area contributed by atoms with Crippen LogP contribution in [0.4, 0.5) is 4.39 Å². The lowest BCUT2D eigenvalue weighted by atomic mass is 9.91. The molecule has 17 heavy (non-hydrogen) atoms. The molecule has 2 rings (SSSR count). The average Bonchev–Trinajstić information content (AvgIpc) is 2.32. The highest BCUT2D eigenvalue weighted by atomic mass is 19.1. The minimum Gasteiger partial charge on any atom is -0.392 e. The molecule has 0 aliphatic heterocycles. The number of halogens is 1. The third-order valence-corrected chi connectivity index (χ3v) is 3.54. The van der Waals surface area contributed by atoms with E-state index in [9.17, 15) is 9.50 Å². The zero-order valence-corrected chi connectivity index (χ0v) is 10.2. The molecule has 0 saturated heterocycles. The van der Waals surface area contributed by atoms with Crippen molar-refractivity contribution < 1.29 is 9.50 Å². The second-order valence-electron chi connectivity index (χ2n) is 4.90. The van der Waals surface area contributed by atoms with Crippen LogP contribution in [0.2, 0.25) is 0 Å². The molecule has 0 amide bonds. The van der Waals surface area contributed by atoms with Crippen LogP contribution >= 0.6 is 0 Å². The summed E-state index contributed by atoms with van der Waals surface area (Å²) in [5, 5.41) is 13.3. The molecule has 1 aromatic rings. The molecule has 0 radical (unpaired) electrons. The zero-order chi connectivity index (χ0) is 12.3. The number of benzene rings is 1.